The van der Waals surface area contributed by atoms with Crippen molar-refractivity contribution in [3.05, 3.63) is 24.1 Å². The van der Waals surface area contributed by atoms with Crippen LogP contribution in [-0.2, 0) is 9.47 Å². The van der Waals surface area contributed by atoms with Gasteiger partial charge in [0, 0.05) is 45.0 Å². The number of rotatable bonds is 3. The zero-order valence-corrected chi connectivity index (χ0v) is 14.0. The fourth-order valence-corrected chi connectivity index (χ4v) is 4.19. The van der Waals surface area contributed by atoms with E-state index in [1.165, 1.54) is 6.07 Å². The number of ether oxygens (including phenoxy) is 3. The van der Waals surface area contributed by atoms with Gasteiger partial charge in [-0.2, -0.15) is 0 Å². The third kappa shape index (κ3) is 3.41. The predicted molar refractivity (Wildman–Crippen MR) is 86.6 cm³/mol. The van der Waals surface area contributed by atoms with E-state index in [0.29, 0.717) is 12.6 Å². The molecule has 0 radical (unpaired) electrons. The lowest BCUT2D eigenvalue weighted by Gasteiger charge is -2.43. The summed E-state index contributed by atoms with van der Waals surface area (Å²) in [6.45, 7) is 4.42. The zero-order chi connectivity index (χ0) is 16.4. The van der Waals surface area contributed by atoms with Crippen LogP contribution in [0.1, 0.15) is 32.1 Å². The molecule has 0 aromatic carbocycles. The van der Waals surface area contributed by atoms with Crippen molar-refractivity contribution < 1.29 is 18.6 Å². The molecule has 0 aliphatic carbocycles. The molecule has 1 aromatic rings. The average Bonchev–Trinajstić information content (AvgIpc) is 3.01. The Morgan fingerprint density at radius 2 is 2.04 bits per heavy atom. The second-order valence-electron chi connectivity index (χ2n) is 7.11. The first-order valence-electron chi connectivity index (χ1n) is 8.97. The molecular weight excluding hydrogens is 311 g/mol. The number of piperidine rings is 1. The highest BCUT2D eigenvalue weighted by Crippen LogP contribution is 2.38. The molecule has 1 spiro atoms. The van der Waals surface area contributed by atoms with E-state index in [4.69, 9.17) is 14.2 Å². The van der Waals surface area contributed by atoms with Gasteiger partial charge in [-0.15, -0.1) is 0 Å². The molecule has 3 saturated heterocycles. The number of hydrogen-bond acceptors (Lipinski definition) is 5. The van der Waals surface area contributed by atoms with Crippen LogP contribution in [0.4, 0.5) is 4.39 Å². The van der Waals surface area contributed by atoms with Gasteiger partial charge in [-0.1, -0.05) is 0 Å². The summed E-state index contributed by atoms with van der Waals surface area (Å²) in [5.74, 6) is -0.324. The second-order valence-corrected chi connectivity index (χ2v) is 7.11. The number of pyridine rings is 1. The van der Waals surface area contributed by atoms with Crippen molar-refractivity contribution in [2.45, 2.75) is 49.9 Å². The van der Waals surface area contributed by atoms with Crippen LogP contribution in [0.25, 0.3) is 0 Å². The maximum Gasteiger partial charge on any atom is 0.250 e. The number of halogens is 1. The highest BCUT2D eigenvalue weighted by Gasteiger charge is 2.44. The first kappa shape index (κ1) is 16.2. The Kier molecular flexibility index (Phi) is 4.70. The van der Waals surface area contributed by atoms with Gasteiger partial charge in [-0.25, -0.2) is 9.37 Å². The molecule has 1 aromatic heterocycles. The van der Waals surface area contributed by atoms with E-state index in [2.05, 4.69) is 9.88 Å². The zero-order valence-electron chi connectivity index (χ0n) is 14.0. The van der Waals surface area contributed by atoms with E-state index >= 15 is 0 Å². The lowest BCUT2D eigenvalue weighted by atomic mass is 9.87. The molecule has 0 saturated carbocycles. The maximum atomic E-state index is 13.7. The summed E-state index contributed by atoms with van der Waals surface area (Å²) in [7, 11) is 0. The van der Waals surface area contributed by atoms with E-state index in [0.717, 1.165) is 58.4 Å². The largest absolute Gasteiger partial charge is 0.470 e. The van der Waals surface area contributed by atoms with Gasteiger partial charge in [0.15, 0.2) is 5.82 Å². The molecule has 5 nitrogen and oxygen atoms in total. The second kappa shape index (κ2) is 6.94. The molecule has 4 heterocycles. The van der Waals surface area contributed by atoms with Gasteiger partial charge < -0.3 is 14.2 Å². The minimum absolute atomic E-state index is 0.0859. The van der Waals surface area contributed by atoms with Gasteiger partial charge in [0.2, 0.25) is 0 Å². The monoisotopic (exact) mass is 336 g/mol. The SMILES string of the molecule is Fc1cccnc1O[C@H]1COC2(CCN(C3CCOCC3)CC2)C1. The Bertz CT molecular complexity index is 557. The van der Waals surface area contributed by atoms with E-state index in [1.807, 2.05) is 0 Å². The molecule has 24 heavy (non-hydrogen) atoms. The predicted octanol–water partition coefficient (Wildman–Crippen LogP) is 2.40. The average molecular weight is 336 g/mol. The van der Waals surface area contributed by atoms with E-state index < -0.39 is 5.82 Å². The molecular formula is C18H25FN2O3. The van der Waals surface area contributed by atoms with Crippen molar-refractivity contribution >= 4 is 0 Å². The molecule has 0 bridgehead atoms. The van der Waals surface area contributed by atoms with Crippen LogP contribution < -0.4 is 4.74 Å². The van der Waals surface area contributed by atoms with Crippen molar-refractivity contribution in [1.29, 1.82) is 0 Å². The van der Waals surface area contributed by atoms with Crippen LogP contribution in [0.3, 0.4) is 0 Å². The van der Waals surface area contributed by atoms with Gasteiger partial charge in [-0.3, -0.25) is 4.90 Å². The summed E-state index contributed by atoms with van der Waals surface area (Å²) in [6.07, 6.45) is 6.59. The Morgan fingerprint density at radius 3 is 2.79 bits per heavy atom. The normalized spacial score (nSPS) is 28.3. The number of aromatic nitrogens is 1. The summed E-state index contributed by atoms with van der Waals surface area (Å²) in [4.78, 5) is 6.56. The molecule has 4 rings (SSSR count). The minimum Gasteiger partial charge on any atom is -0.470 e. The lowest BCUT2D eigenvalue weighted by Crippen LogP contribution is -2.49. The Hall–Kier alpha value is -1.24. The van der Waals surface area contributed by atoms with Crippen LogP contribution in [-0.4, -0.2) is 60.5 Å². The molecule has 6 heteroatoms. The third-order valence-electron chi connectivity index (χ3n) is 5.59. The standard InChI is InChI=1S/C18H25FN2O3/c19-16-2-1-7-20-17(16)24-15-12-18(23-13-15)5-8-21(9-6-18)14-3-10-22-11-4-14/h1-2,7,14-15H,3-6,8-13H2/t15-/m1/s1. The molecule has 132 valence electrons. The van der Waals surface area contributed by atoms with Crippen LogP contribution in [0, 0.1) is 5.82 Å². The summed E-state index contributed by atoms with van der Waals surface area (Å²) in [5, 5.41) is 0. The highest BCUT2D eigenvalue weighted by molar-refractivity contribution is 5.13. The van der Waals surface area contributed by atoms with Crippen molar-refractivity contribution in [3.8, 4) is 5.88 Å². The number of hydrogen-bond donors (Lipinski definition) is 0. The maximum absolute atomic E-state index is 13.7. The van der Waals surface area contributed by atoms with Crippen molar-refractivity contribution in [3.63, 3.8) is 0 Å². The van der Waals surface area contributed by atoms with Crippen molar-refractivity contribution in [2.75, 3.05) is 32.9 Å². The first-order valence-corrected chi connectivity index (χ1v) is 8.97. The molecule has 0 N–H and O–H groups in total. The Labute approximate surface area is 142 Å². The van der Waals surface area contributed by atoms with Crippen molar-refractivity contribution in [2.24, 2.45) is 0 Å². The van der Waals surface area contributed by atoms with Crippen molar-refractivity contribution in [1.82, 2.24) is 9.88 Å². The summed E-state index contributed by atoms with van der Waals surface area (Å²) in [5.41, 5.74) is -0.0996. The van der Waals surface area contributed by atoms with E-state index in [-0.39, 0.29) is 17.6 Å². The molecule has 0 unspecified atom stereocenters. The molecule has 1 atom stereocenters. The van der Waals surface area contributed by atoms with Gasteiger partial charge in [0.25, 0.3) is 5.88 Å². The van der Waals surface area contributed by atoms with Gasteiger partial charge >= 0.3 is 0 Å². The Balaban J connectivity index is 1.31. The van der Waals surface area contributed by atoms with Crippen LogP contribution in [0.2, 0.25) is 0 Å². The summed E-state index contributed by atoms with van der Waals surface area (Å²) in [6, 6.07) is 3.60. The quantitative estimate of drug-likeness (QED) is 0.848. The fourth-order valence-electron chi connectivity index (χ4n) is 4.19. The highest BCUT2D eigenvalue weighted by atomic mass is 19.1. The lowest BCUT2D eigenvalue weighted by molar-refractivity contribution is -0.0616. The van der Waals surface area contributed by atoms with Crippen LogP contribution in [0.5, 0.6) is 5.88 Å². The van der Waals surface area contributed by atoms with Crippen LogP contribution in [0.15, 0.2) is 18.3 Å². The van der Waals surface area contributed by atoms with E-state index in [9.17, 15) is 4.39 Å². The molecule has 0 amide bonds. The number of nitrogens with zero attached hydrogens (tertiary/aromatic N) is 2. The molecule has 3 aliphatic rings. The van der Waals surface area contributed by atoms with E-state index in [1.54, 1.807) is 12.3 Å². The van der Waals surface area contributed by atoms with Gasteiger partial charge in [-0.05, 0) is 37.8 Å². The molecule has 3 aliphatic heterocycles. The Morgan fingerprint density at radius 1 is 1.25 bits per heavy atom. The third-order valence-corrected chi connectivity index (χ3v) is 5.59. The first-order chi connectivity index (χ1) is 11.7. The smallest absolute Gasteiger partial charge is 0.250 e. The topological polar surface area (TPSA) is 43.8 Å². The van der Waals surface area contributed by atoms with Gasteiger partial charge in [0.1, 0.15) is 6.10 Å². The molecule has 3 fully saturated rings. The summed E-state index contributed by atoms with van der Waals surface area (Å²) < 4.78 is 31.0. The number of likely N-dealkylation sites (tertiary alicyclic amines) is 1. The minimum atomic E-state index is -0.409. The fraction of sp³-hybridized carbons (Fsp3) is 0.722. The van der Waals surface area contributed by atoms with Crippen LogP contribution >= 0.6 is 0 Å². The summed E-state index contributed by atoms with van der Waals surface area (Å²) >= 11 is 0. The van der Waals surface area contributed by atoms with Gasteiger partial charge in [0.05, 0.1) is 12.2 Å².